The van der Waals surface area contributed by atoms with Crippen molar-refractivity contribution in [2.75, 3.05) is 14.2 Å². The van der Waals surface area contributed by atoms with Crippen LogP contribution in [0.4, 0.5) is 0 Å². The first-order valence-corrected chi connectivity index (χ1v) is 11.8. The molecule has 184 valence electrons. The highest BCUT2D eigenvalue weighted by Crippen LogP contribution is 2.32. The molecule has 2 aromatic heterocycles. The fourth-order valence-corrected chi connectivity index (χ4v) is 4.27. The molecule has 0 saturated heterocycles. The Morgan fingerprint density at radius 3 is 2.20 bits per heavy atom. The van der Waals surface area contributed by atoms with E-state index in [0.29, 0.717) is 24.5 Å². The smallest absolute Gasteiger partial charge is 0.231 e. The maximum absolute atomic E-state index is 5.77. The molecule has 0 spiro atoms. The monoisotopic (exact) mass is 475 g/mol. The summed E-state index contributed by atoms with van der Waals surface area (Å²) < 4.78 is 13.5. The molecule has 0 atom stereocenters. The lowest BCUT2D eigenvalue weighted by Crippen LogP contribution is -2.33. The van der Waals surface area contributed by atoms with Gasteiger partial charge in [0.1, 0.15) is 5.82 Å². The van der Waals surface area contributed by atoms with E-state index in [1.807, 2.05) is 22.9 Å². The van der Waals surface area contributed by atoms with Gasteiger partial charge in [-0.05, 0) is 47.9 Å². The Kier molecular flexibility index (Phi) is 7.09. The zero-order chi connectivity index (χ0) is 25.1. The summed E-state index contributed by atoms with van der Waals surface area (Å²) in [5.41, 5.74) is 3.98. The van der Waals surface area contributed by atoms with Gasteiger partial charge in [-0.3, -0.25) is 0 Å². The molecule has 0 amide bonds. The van der Waals surface area contributed by atoms with Crippen molar-refractivity contribution in [3.05, 3.63) is 65.7 Å². The Bertz CT molecular complexity index is 1240. The Labute approximate surface area is 205 Å². The number of nitrogens with zero attached hydrogens (tertiary/aromatic N) is 6. The summed E-state index contributed by atoms with van der Waals surface area (Å²) in [7, 11) is 3.28. The van der Waals surface area contributed by atoms with Gasteiger partial charge >= 0.3 is 0 Å². The Morgan fingerprint density at radius 1 is 0.943 bits per heavy atom. The molecule has 2 aromatic carbocycles. The highest BCUT2D eigenvalue weighted by molar-refractivity contribution is 5.80. The van der Waals surface area contributed by atoms with Crippen molar-refractivity contribution in [2.45, 2.75) is 58.3 Å². The lowest BCUT2D eigenvalue weighted by Gasteiger charge is -2.27. The van der Waals surface area contributed by atoms with Gasteiger partial charge in [-0.15, -0.1) is 10.2 Å². The first-order valence-electron chi connectivity index (χ1n) is 11.8. The number of hydrogen-bond acceptors (Lipinski definition) is 7. The topological polar surface area (TPSA) is 104 Å². The van der Waals surface area contributed by atoms with Gasteiger partial charge in [0.05, 0.1) is 5.54 Å². The molecule has 4 rings (SSSR count). The fraction of sp³-hybridized carbons (Fsp3) is 0.423. The second-order valence-corrected chi connectivity index (χ2v) is 9.51. The van der Waals surface area contributed by atoms with Crippen molar-refractivity contribution in [3.8, 4) is 22.5 Å². The van der Waals surface area contributed by atoms with Crippen LogP contribution in [0, 0.1) is 0 Å². The summed E-state index contributed by atoms with van der Waals surface area (Å²) in [5.74, 6) is 1.11. The van der Waals surface area contributed by atoms with E-state index >= 15 is 0 Å². The summed E-state index contributed by atoms with van der Waals surface area (Å²) in [6, 6.07) is 16.5. The Balaban J connectivity index is 1.66. The molecular weight excluding hydrogens is 442 g/mol. The Hall–Kier alpha value is -3.43. The van der Waals surface area contributed by atoms with Gasteiger partial charge in [0.2, 0.25) is 11.6 Å². The molecule has 0 unspecified atom stereocenters. The SMILES string of the molecule is CCCC(OC)(OC)c1nc(Cc2ccc(-c3ccccc3-c3nnn[nH]3)cc2)n(C(C)(C)C)n1. The second-order valence-electron chi connectivity index (χ2n) is 9.51. The third-order valence-electron chi connectivity index (χ3n) is 6.04. The molecule has 35 heavy (non-hydrogen) atoms. The molecule has 0 saturated carbocycles. The molecule has 0 aliphatic heterocycles. The van der Waals surface area contributed by atoms with Gasteiger partial charge in [0.15, 0.2) is 5.82 Å². The first kappa shape index (κ1) is 24.7. The van der Waals surface area contributed by atoms with Crippen molar-refractivity contribution < 1.29 is 9.47 Å². The maximum atomic E-state index is 5.77. The standard InChI is InChI=1S/C26H33N7O2/c1-7-16-26(34-5,35-6)24-27-22(33(30-24)25(2,3)4)17-18-12-14-19(15-13-18)20-10-8-9-11-21(20)23-28-31-32-29-23/h8-15H,7,16-17H2,1-6H3,(H,28,29,31,32). The number of methoxy groups -OCH3 is 2. The second kappa shape index (κ2) is 10.1. The maximum Gasteiger partial charge on any atom is 0.231 e. The fourth-order valence-electron chi connectivity index (χ4n) is 4.27. The van der Waals surface area contributed by atoms with Crippen molar-refractivity contribution in [1.29, 1.82) is 0 Å². The molecule has 0 fully saturated rings. The number of ether oxygens (including phenoxy) is 2. The number of hydrogen-bond donors (Lipinski definition) is 1. The third kappa shape index (κ3) is 5.01. The van der Waals surface area contributed by atoms with Crippen molar-refractivity contribution in [1.82, 2.24) is 35.4 Å². The Morgan fingerprint density at radius 2 is 1.63 bits per heavy atom. The highest BCUT2D eigenvalue weighted by atomic mass is 16.7. The predicted octanol–water partition coefficient (Wildman–Crippen LogP) is 4.72. The zero-order valence-electron chi connectivity index (χ0n) is 21.2. The van der Waals surface area contributed by atoms with Gasteiger partial charge in [0, 0.05) is 32.6 Å². The van der Waals surface area contributed by atoms with E-state index in [1.54, 1.807) is 14.2 Å². The summed E-state index contributed by atoms with van der Waals surface area (Å²) >= 11 is 0. The molecule has 0 bridgehead atoms. The predicted molar refractivity (Wildman–Crippen MR) is 133 cm³/mol. The average molecular weight is 476 g/mol. The minimum Gasteiger partial charge on any atom is -0.347 e. The summed E-state index contributed by atoms with van der Waals surface area (Å²) in [4.78, 5) is 4.91. The number of rotatable bonds is 9. The van der Waals surface area contributed by atoms with E-state index in [4.69, 9.17) is 19.6 Å². The van der Waals surface area contributed by atoms with Crippen LogP contribution < -0.4 is 0 Å². The number of aromatic amines is 1. The lowest BCUT2D eigenvalue weighted by atomic mass is 9.97. The van der Waals surface area contributed by atoms with Crippen LogP contribution in [0.1, 0.15) is 57.7 Å². The quantitative estimate of drug-likeness (QED) is 0.349. The average Bonchev–Trinajstić information content (AvgIpc) is 3.54. The molecular formula is C26H33N7O2. The lowest BCUT2D eigenvalue weighted by molar-refractivity contribution is -0.225. The van der Waals surface area contributed by atoms with E-state index in [-0.39, 0.29) is 5.54 Å². The van der Waals surface area contributed by atoms with Gasteiger partial charge in [-0.2, -0.15) is 0 Å². The summed E-state index contributed by atoms with van der Waals surface area (Å²) in [5, 5.41) is 19.2. The minimum absolute atomic E-state index is 0.246. The number of tetrazole rings is 1. The van der Waals surface area contributed by atoms with E-state index in [1.165, 1.54) is 0 Å². The van der Waals surface area contributed by atoms with Crippen LogP contribution >= 0.6 is 0 Å². The van der Waals surface area contributed by atoms with Gasteiger partial charge in [-0.1, -0.05) is 61.9 Å². The van der Waals surface area contributed by atoms with Crippen molar-refractivity contribution in [3.63, 3.8) is 0 Å². The van der Waals surface area contributed by atoms with Crippen LogP contribution in [0.3, 0.4) is 0 Å². The molecule has 9 nitrogen and oxygen atoms in total. The van der Waals surface area contributed by atoms with Gasteiger partial charge < -0.3 is 9.47 Å². The molecule has 0 radical (unpaired) electrons. The number of benzene rings is 2. The minimum atomic E-state index is -0.955. The van der Waals surface area contributed by atoms with Gasteiger partial charge in [-0.25, -0.2) is 14.8 Å². The zero-order valence-corrected chi connectivity index (χ0v) is 21.2. The van der Waals surface area contributed by atoms with Crippen LogP contribution in [0.5, 0.6) is 0 Å². The highest BCUT2D eigenvalue weighted by Gasteiger charge is 2.38. The number of nitrogens with one attached hydrogen (secondary N) is 1. The summed E-state index contributed by atoms with van der Waals surface area (Å²) in [6.45, 7) is 8.45. The molecule has 4 aromatic rings. The van der Waals surface area contributed by atoms with Crippen molar-refractivity contribution >= 4 is 0 Å². The largest absolute Gasteiger partial charge is 0.347 e. The first-order chi connectivity index (χ1) is 16.8. The number of aromatic nitrogens is 7. The number of H-pyrrole nitrogens is 1. The normalized spacial score (nSPS) is 12.3. The van der Waals surface area contributed by atoms with Crippen LogP contribution in [-0.2, 0) is 27.2 Å². The molecule has 2 heterocycles. The van der Waals surface area contributed by atoms with E-state index in [2.05, 4.69) is 78.7 Å². The van der Waals surface area contributed by atoms with E-state index in [0.717, 1.165) is 34.5 Å². The summed E-state index contributed by atoms with van der Waals surface area (Å²) in [6.07, 6.45) is 2.18. The van der Waals surface area contributed by atoms with Crippen LogP contribution in [0.2, 0.25) is 0 Å². The van der Waals surface area contributed by atoms with E-state index in [9.17, 15) is 0 Å². The van der Waals surface area contributed by atoms with Crippen molar-refractivity contribution in [2.24, 2.45) is 0 Å². The molecule has 0 aliphatic carbocycles. The van der Waals surface area contributed by atoms with Crippen LogP contribution in [-0.4, -0.2) is 49.6 Å². The molecule has 0 aliphatic rings. The molecule has 9 heteroatoms. The van der Waals surface area contributed by atoms with Crippen LogP contribution in [0.15, 0.2) is 48.5 Å². The molecule has 1 N–H and O–H groups in total. The van der Waals surface area contributed by atoms with Gasteiger partial charge in [0.25, 0.3) is 0 Å². The van der Waals surface area contributed by atoms with E-state index < -0.39 is 5.79 Å². The van der Waals surface area contributed by atoms with Crippen LogP contribution in [0.25, 0.3) is 22.5 Å². The third-order valence-corrected chi connectivity index (χ3v) is 6.04.